The largest absolute Gasteiger partial charge is 0.463 e. The van der Waals surface area contributed by atoms with Crippen molar-refractivity contribution < 1.29 is 9.34 Å². The van der Waals surface area contributed by atoms with Crippen LogP contribution in [0.1, 0.15) is 5.56 Å². The number of para-hydroxylation sites is 1. The number of nitro benzene ring substituents is 1. The highest BCUT2D eigenvalue weighted by Gasteiger charge is 2.13. The molecule has 2 aromatic heterocycles. The van der Waals surface area contributed by atoms with E-state index in [4.69, 9.17) is 4.42 Å². The van der Waals surface area contributed by atoms with Crippen molar-refractivity contribution in [3.8, 4) is 17.1 Å². The number of non-ortho nitro benzene ring substituents is 1. The lowest BCUT2D eigenvalue weighted by molar-refractivity contribution is -0.384. The van der Waals surface area contributed by atoms with E-state index in [0.29, 0.717) is 17.1 Å². The summed E-state index contributed by atoms with van der Waals surface area (Å²) in [5.74, 6) is 0.617. The first-order valence-electron chi connectivity index (χ1n) is 8.43. The Morgan fingerprint density at radius 1 is 1.11 bits per heavy atom. The molecule has 0 aliphatic carbocycles. The summed E-state index contributed by atoms with van der Waals surface area (Å²) in [5, 5.41) is 19.7. The number of hydrazone groups is 1. The van der Waals surface area contributed by atoms with Crippen LogP contribution < -0.4 is 5.43 Å². The van der Waals surface area contributed by atoms with Crippen LogP contribution in [0.15, 0.2) is 88.7 Å². The lowest BCUT2D eigenvalue weighted by Crippen LogP contribution is -1.93. The van der Waals surface area contributed by atoms with Crippen LogP contribution in [-0.4, -0.2) is 20.9 Å². The van der Waals surface area contributed by atoms with Gasteiger partial charge in [0.1, 0.15) is 5.69 Å². The number of rotatable bonds is 6. The second-order valence-electron chi connectivity index (χ2n) is 5.87. The van der Waals surface area contributed by atoms with Gasteiger partial charge in [0.05, 0.1) is 28.8 Å². The number of nitrogens with zero attached hydrogens (tertiary/aromatic N) is 4. The van der Waals surface area contributed by atoms with Crippen LogP contribution in [0, 0.1) is 10.1 Å². The lowest BCUT2D eigenvalue weighted by atomic mass is 10.2. The highest BCUT2D eigenvalue weighted by atomic mass is 16.6. The summed E-state index contributed by atoms with van der Waals surface area (Å²) >= 11 is 0. The third-order valence-electron chi connectivity index (χ3n) is 3.97. The molecule has 0 amide bonds. The normalized spacial score (nSPS) is 11.0. The number of nitrogens with one attached hydrogen (secondary N) is 1. The molecule has 138 valence electrons. The van der Waals surface area contributed by atoms with Crippen molar-refractivity contribution in [1.82, 2.24) is 9.78 Å². The molecule has 8 nitrogen and oxygen atoms in total. The lowest BCUT2D eigenvalue weighted by Gasteiger charge is -1.99. The number of anilines is 1. The van der Waals surface area contributed by atoms with Crippen LogP contribution in [0.4, 0.5) is 11.4 Å². The Hall–Kier alpha value is -4.20. The fourth-order valence-electron chi connectivity index (χ4n) is 2.66. The van der Waals surface area contributed by atoms with Gasteiger partial charge in [-0.15, -0.1) is 0 Å². The van der Waals surface area contributed by atoms with Crippen molar-refractivity contribution in [2.45, 2.75) is 0 Å². The quantitative estimate of drug-likeness (QED) is 0.305. The van der Waals surface area contributed by atoms with Gasteiger partial charge in [0, 0.05) is 23.9 Å². The van der Waals surface area contributed by atoms with Gasteiger partial charge in [-0.25, -0.2) is 4.68 Å². The molecular formula is C20H15N5O3. The zero-order chi connectivity index (χ0) is 19.3. The molecule has 0 spiro atoms. The van der Waals surface area contributed by atoms with Crippen molar-refractivity contribution in [3.05, 3.63) is 94.9 Å². The van der Waals surface area contributed by atoms with E-state index in [0.717, 1.165) is 11.3 Å². The highest BCUT2D eigenvalue weighted by molar-refractivity contribution is 5.88. The smallest absolute Gasteiger partial charge is 0.271 e. The van der Waals surface area contributed by atoms with Gasteiger partial charge in [-0.1, -0.05) is 24.3 Å². The van der Waals surface area contributed by atoms with E-state index in [9.17, 15) is 10.1 Å². The molecule has 0 aliphatic rings. The summed E-state index contributed by atoms with van der Waals surface area (Å²) in [7, 11) is 0. The summed E-state index contributed by atoms with van der Waals surface area (Å²) in [6.45, 7) is 0. The van der Waals surface area contributed by atoms with Gasteiger partial charge in [0.2, 0.25) is 0 Å². The Labute approximate surface area is 159 Å². The molecule has 0 fully saturated rings. The van der Waals surface area contributed by atoms with Crippen molar-refractivity contribution in [3.63, 3.8) is 0 Å². The summed E-state index contributed by atoms with van der Waals surface area (Å²) < 4.78 is 7.23. The summed E-state index contributed by atoms with van der Waals surface area (Å²) in [4.78, 5) is 10.4. The van der Waals surface area contributed by atoms with Gasteiger partial charge in [0.15, 0.2) is 5.76 Å². The molecule has 0 bridgehead atoms. The molecule has 2 aromatic carbocycles. The standard InChI is InChI=1S/C20H15N5O3/c26-25(27)18-9-4-6-16(12-18)22-21-13-15-14-24(17-7-2-1-3-8-17)23-20(15)19-10-5-11-28-19/h1-14,22H/b21-13-. The first-order valence-corrected chi connectivity index (χ1v) is 8.43. The molecule has 2 heterocycles. The molecule has 4 rings (SSSR count). The van der Waals surface area contributed by atoms with E-state index in [1.54, 1.807) is 35.4 Å². The van der Waals surface area contributed by atoms with E-state index in [2.05, 4.69) is 15.6 Å². The maximum atomic E-state index is 10.9. The molecule has 0 atom stereocenters. The summed E-state index contributed by atoms with van der Waals surface area (Å²) in [6, 6.07) is 19.4. The van der Waals surface area contributed by atoms with Crippen LogP contribution >= 0.6 is 0 Å². The second kappa shape index (κ2) is 7.58. The molecular weight excluding hydrogens is 358 g/mol. The van der Waals surface area contributed by atoms with Gasteiger partial charge in [-0.05, 0) is 30.3 Å². The molecule has 0 radical (unpaired) electrons. The Balaban J connectivity index is 1.63. The molecule has 0 saturated carbocycles. The number of benzene rings is 2. The van der Waals surface area contributed by atoms with Gasteiger partial charge >= 0.3 is 0 Å². The molecule has 0 aliphatic heterocycles. The molecule has 0 unspecified atom stereocenters. The minimum absolute atomic E-state index is 0.00614. The number of hydrogen-bond donors (Lipinski definition) is 1. The van der Waals surface area contributed by atoms with Crippen molar-refractivity contribution in [2.24, 2.45) is 5.10 Å². The Kier molecular flexibility index (Phi) is 4.67. The summed E-state index contributed by atoms with van der Waals surface area (Å²) in [6.07, 6.45) is 5.02. The third kappa shape index (κ3) is 3.65. The number of aromatic nitrogens is 2. The first kappa shape index (κ1) is 17.2. The zero-order valence-corrected chi connectivity index (χ0v) is 14.6. The molecule has 4 aromatic rings. The van der Waals surface area contributed by atoms with E-state index in [1.165, 1.54) is 12.1 Å². The van der Waals surface area contributed by atoms with Crippen LogP contribution in [0.5, 0.6) is 0 Å². The predicted octanol–water partition coefficient (Wildman–Crippen LogP) is 4.49. The van der Waals surface area contributed by atoms with Gasteiger partial charge in [-0.3, -0.25) is 15.5 Å². The van der Waals surface area contributed by atoms with E-state index in [1.807, 2.05) is 42.6 Å². The Bertz CT molecular complexity index is 1120. The average molecular weight is 373 g/mol. The summed E-state index contributed by atoms with van der Waals surface area (Å²) in [5.41, 5.74) is 5.59. The highest BCUT2D eigenvalue weighted by Crippen LogP contribution is 2.23. The van der Waals surface area contributed by atoms with E-state index >= 15 is 0 Å². The fourth-order valence-corrected chi connectivity index (χ4v) is 2.66. The van der Waals surface area contributed by atoms with Gasteiger partial charge in [0.25, 0.3) is 5.69 Å². The van der Waals surface area contributed by atoms with E-state index < -0.39 is 4.92 Å². The van der Waals surface area contributed by atoms with Crippen molar-refractivity contribution in [2.75, 3.05) is 5.43 Å². The minimum atomic E-state index is -0.451. The van der Waals surface area contributed by atoms with Crippen LogP contribution in [0.25, 0.3) is 17.1 Å². The van der Waals surface area contributed by atoms with Crippen LogP contribution in [-0.2, 0) is 0 Å². The molecule has 0 saturated heterocycles. The van der Waals surface area contributed by atoms with Crippen LogP contribution in [0.3, 0.4) is 0 Å². The van der Waals surface area contributed by atoms with E-state index in [-0.39, 0.29) is 5.69 Å². The zero-order valence-electron chi connectivity index (χ0n) is 14.6. The monoisotopic (exact) mass is 373 g/mol. The molecule has 1 N–H and O–H groups in total. The van der Waals surface area contributed by atoms with Crippen LogP contribution in [0.2, 0.25) is 0 Å². The predicted molar refractivity (Wildman–Crippen MR) is 106 cm³/mol. The van der Waals surface area contributed by atoms with Gasteiger partial charge in [-0.2, -0.15) is 10.2 Å². The molecule has 8 heteroatoms. The van der Waals surface area contributed by atoms with Crippen molar-refractivity contribution >= 4 is 17.6 Å². The van der Waals surface area contributed by atoms with Crippen molar-refractivity contribution in [1.29, 1.82) is 0 Å². The topological polar surface area (TPSA) is 98.5 Å². The van der Waals surface area contributed by atoms with Gasteiger partial charge < -0.3 is 4.42 Å². The minimum Gasteiger partial charge on any atom is -0.463 e. The second-order valence-corrected chi connectivity index (χ2v) is 5.87. The fraction of sp³-hybridized carbons (Fsp3) is 0. The maximum Gasteiger partial charge on any atom is 0.271 e. The maximum absolute atomic E-state index is 10.9. The number of furan rings is 1. The average Bonchev–Trinajstić information content (AvgIpc) is 3.39. The molecule has 28 heavy (non-hydrogen) atoms. The first-order chi connectivity index (χ1) is 13.7. The number of nitro groups is 1. The SMILES string of the molecule is O=[N+]([O-])c1cccc(N/N=C\c2cn(-c3ccccc3)nc2-c2ccco2)c1. The third-order valence-corrected chi connectivity index (χ3v) is 3.97. The number of hydrogen-bond acceptors (Lipinski definition) is 6. The Morgan fingerprint density at radius 3 is 2.71 bits per heavy atom. The Morgan fingerprint density at radius 2 is 1.96 bits per heavy atom.